The van der Waals surface area contributed by atoms with Crippen molar-refractivity contribution >= 4 is 5.97 Å². The summed E-state index contributed by atoms with van der Waals surface area (Å²) in [5.41, 5.74) is 2.95. The molecule has 0 saturated heterocycles. The monoisotopic (exact) mass is 464 g/mol. The summed E-state index contributed by atoms with van der Waals surface area (Å²) in [6.45, 7) is 2.14. The first-order valence-corrected chi connectivity index (χ1v) is 11.3. The largest absolute Gasteiger partial charge is 0.496 e. The van der Waals surface area contributed by atoms with Crippen LogP contribution in [0.15, 0.2) is 66.7 Å². The Hall–Kier alpha value is -3.51. The average molecular weight is 465 g/mol. The maximum absolute atomic E-state index is 11.3. The van der Waals surface area contributed by atoms with Crippen molar-refractivity contribution in [3.8, 4) is 17.2 Å². The summed E-state index contributed by atoms with van der Waals surface area (Å²) in [5, 5.41) is 20.6. The van der Waals surface area contributed by atoms with E-state index in [1.165, 1.54) is 17.7 Å². The zero-order valence-electron chi connectivity index (χ0n) is 19.9. The number of carbonyl (C=O) groups is 1. The minimum Gasteiger partial charge on any atom is -0.496 e. The summed E-state index contributed by atoms with van der Waals surface area (Å²) in [5.74, 6) is 0.510. The lowest BCUT2D eigenvalue weighted by Gasteiger charge is -2.25. The molecule has 0 fully saturated rings. The highest BCUT2D eigenvalue weighted by atomic mass is 16.5. The summed E-state index contributed by atoms with van der Waals surface area (Å²) >= 11 is 0. The van der Waals surface area contributed by atoms with Crippen LogP contribution in [0.25, 0.3) is 0 Å². The molecular formula is C28H32O6. The Morgan fingerprint density at radius 1 is 0.941 bits per heavy atom. The van der Waals surface area contributed by atoms with Gasteiger partial charge in [-0.3, -0.25) is 0 Å². The first-order valence-electron chi connectivity index (χ1n) is 11.3. The van der Waals surface area contributed by atoms with Crippen LogP contribution in [0.4, 0.5) is 0 Å². The third kappa shape index (κ3) is 6.51. The topological polar surface area (TPSA) is 85.2 Å². The van der Waals surface area contributed by atoms with Crippen LogP contribution in [0.2, 0.25) is 0 Å². The fraction of sp³-hybridized carbons (Fsp3) is 0.321. The molecule has 34 heavy (non-hydrogen) atoms. The molecule has 0 aliphatic heterocycles. The van der Waals surface area contributed by atoms with E-state index in [1.807, 2.05) is 37.3 Å². The van der Waals surface area contributed by atoms with Gasteiger partial charge in [0.1, 0.15) is 17.2 Å². The molecule has 6 nitrogen and oxygen atoms in total. The van der Waals surface area contributed by atoms with Crippen LogP contribution in [0.1, 0.15) is 46.0 Å². The zero-order chi connectivity index (χ0) is 24.5. The molecule has 0 aromatic heterocycles. The number of aryl methyl sites for hydroxylation is 1. The van der Waals surface area contributed by atoms with Crippen LogP contribution in [0, 0.1) is 12.8 Å². The summed E-state index contributed by atoms with van der Waals surface area (Å²) in [6, 6.07) is 20.3. The van der Waals surface area contributed by atoms with E-state index >= 15 is 0 Å². The number of benzene rings is 3. The van der Waals surface area contributed by atoms with Crippen LogP contribution < -0.4 is 14.2 Å². The molecule has 3 aromatic carbocycles. The van der Waals surface area contributed by atoms with E-state index in [-0.39, 0.29) is 18.1 Å². The van der Waals surface area contributed by atoms with Crippen molar-refractivity contribution in [1.29, 1.82) is 0 Å². The maximum atomic E-state index is 11.3. The third-order valence-corrected chi connectivity index (χ3v) is 5.99. The van der Waals surface area contributed by atoms with Gasteiger partial charge in [0.25, 0.3) is 0 Å². The number of methoxy groups -OCH3 is 2. The molecule has 0 saturated carbocycles. The highest BCUT2D eigenvalue weighted by molar-refractivity contribution is 5.88. The third-order valence-electron chi connectivity index (χ3n) is 5.99. The van der Waals surface area contributed by atoms with Crippen molar-refractivity contribution in [3.63, 3.8) is 0 Å². The van der Waals surface area contributed by atoms with Gasteiger partial charge in [-0.2, -0.15) is 0 Å². The lowest BCUT2D eigenvalue weighted by molar-refractivity contribution is 0.0665. The molecular weight excluding hydrogens is 432 g/mol. The summed E-state index contributed by atoms with van der Waals surface area (Å²) in [6.07, 6.45) is 1.65. The Balaban J connectivity index is 1.80. The van der Waals surface area contributed by atoms with Gasteiger partial charge in [0.15, 0.2) is 0 Å². The van der Waals surface area contributed by atoms with Crippen molar-refractivity contribution in [2.24, 2.45) is 5.92 Å². The number of aliphatic hydroxyl groups excluding tert-OH is 1. The van der Waals surface area contributed by atoms with Gasteiger partial charge < -0.3 is 24.4 Å². The molecule has 0 bridgehead atoms. The van der Waals surface area contributed by atoms with E-state index in [9.17, 15) is 15.0 Å². The van der Waals surface area contributed by atoms with Gasteiger partial charge in [0, 0.05) is 11.5 Å². The van der Waals surface area contributed by atoms with Gasteiger partial charge in [-0.25, -0.2) is 4.79 Å². The number of hydrogen-bond acceptors (Lipinski definition) is 5. The molecule has 0 spiro atoms. The Bertz CT molecular complexity index is 1050. The smallest absolute Gasteiger partial charge is 0.335 e. The number of carboxylic acids is 1. The quantitative estimate of drug-likeness (QED) is 0.370. The summed E-state index contributed by atoms with van der Waals surface area (Å²) in [4.78, 5) is 11.3. The van der Waals surface area contributed by atoms with Crippen LogP contribution in [0.3, 0.4) is 0 Å². The molecule has 3 aromatic rings. The molecule has 2 atom stereocenters. The minimum absolute atomic E-state index is 0.159. The molecule has 0 amide bonds. The van der Waals surface area contributed by atoms with Crippen molar-refractivity contribution < 1.29 is 29.2 Å². The van der Waals surface area contributed by atoms with Crippen molar-refractivity contribution in [2.75, 3.05) is 20.8 Å². The van der Waals surface area contributed by atoms with Gasteiger partial charge in [0.2, 0.25) is 0 Å². The Morgan fingerprint density at radius 3 is 2.24 bits per heavy atom. The second-order valence-corrected chi connectivity index (χ2v) is 8.28. The second kappa shape index (κ2) is 12.1. The predicted octanol–water partition coefficient (Wildman–Crippen LogP) is 5.46. The van der Waals surface area contributed by atoms with Gasteiger partial charge >= 0.3 is 5.97 Å². The SMILES string of the molecule is COc1cc([C@@H](O)[C@@H](CCCc2ccccc2)COc2cccc(C(=O)O)c2)cc(OC)c1C. The molecule has 0 aliphatic rings. The predicted molar refractivity (Wildman–Crippen MR) is 131 cm³/mol. The van der Waals surface area contributed by atoms with E-state index in [1.54, 1.807) is 26.4 Å². The van der Waals surface area contributed by atoms with E-state index in [0.29, 0.717) is 29.2 Å². The van der Waals surface area contributed by atoms with Gasteiger partial charge in [-0.15, -0.1) is 0 Å². The van der Waals surface area contributed by atoms with Crippen molar-refractivity contribution in [1.82, 2.24) is 0 Å². The number of ether oxygens (including phenoxy) is 3. The average Bonchev–Trinajstić information content (AvgIpc) is 2.86. The van der Waals surface area contributed by atoms with Crippen LogP contribution in [-0.4, -0.2) is 37.0 Å². The molecule has 3 rings (SSSR count). The van der Waals surface area contributed by atoms with Gasteiger partial charge in [0.05, 0.1) is 32.5 Å². The Kier molecular flexibility index (Phi) is 8.93. The standard InChI is InChI=1S/C28H32O6/c1-19-25(32-2)16-23(17-26(19)33-3)27(29)22(13-7-11-20-9-5-4-6-10-20)18-34-24-14-8-12-21(15-24)28(30)31/h4-6,8-10,12,14-17,22,27,29H,7,11,13,18H2,1-3H3,(H,30,31)/t22-,27-/m0/s1. The number of carboxylic acid groups (broad SMARTS) is 1. The Morgan fingerprint density at radius 2 is 1.62 bits per heavy atom. The lowest BCUT2D eigenvalue weighted by Crippen LogP contribution is -2.21. The highest BCUT2D eigenvalue weighted by Crippen LogP contribution is 2.36. The Labute approximate surface area is 200 Å². The fourth-order valence-corrected chi connectivity index (χ4v) is 4.02. The second-order valence-electron chi connectivity index (χ2n) is 8.28. The number of rotatable bonds is 12. The first-order chi connectivity index (χ1) is 16.4. The van der Waals surface area contributed by atoms with Gasteiger partial charge in [-0.1, -0.05) is 36.4 Å². The fourth-order valence-electron chi connectivity index (χ4n) is 4.02. The maximum Gasteiger partial charge on any atom is 0.335 e. The molecule has 0 heterocycles. The minimum atomic E-state index is -1.01. The van der Waals surface area contributed by atoms with Crippen LogP contribution in [-0.2, 0) is 6.42 Å². The molecule has 6 heteroatoms. The zero-order valence-corrected chi connectivity index (χ0v) is 19.9. The molecule has 0 unspecified atom stereocenters. The molecule has 0 radical (unpaired) electrons. The summed E-state index contributed by atoms with van der Waals surface area (Å²) < 4.78 is 16.9. The molecule has 180 valence electrons. The first kappa shape index (κ1) is 25.1. The molecule has 0 aliphatic carbocycles. The van der Waals surface area contributed by atoms with Crippen molar-refractivity contribution in [2.45, 2.75) is 32.3 Å². The normalized spacial score (nSPS) is 12.6. The number of aliphatic hydroxyl groups is 1. The highest BCUT2D eigenvalue weighted by Gasteiger charge is 2.24. The molecule has 2 N–H and O–H groups in total. The van der Waals surface area contributed by atoms with Crippen molar-refractivity contribution in [3.05, 3.63) is 89.0 Å². The van der Waals surface area contributed by atoms with E-state index in [0.717, 1.165) is 18.4 Å². The van der Waals surface area contributed by atoms with E-state index < -0.39 is 12.1 Å². The van der Waals surface area contributed by atoms with E-state index in [4.69, 9.17) is 14.2 Å². The number of hydrogen-bond donors (Lipinski definition) is 2. The van der Waals surface area contributed by atoms with Gasteiger partial charge in [-0.05, 0) is 67.6 Å². The van der Waals surface area contributed by atoms with E-state index in [2.05, 4.69) is 12.1 Å². The summed E-state index contributed by atoms with van der Waals surface area (Å²) in [7, 11) is 3.18. The number of aromatic carboxylic acids is 1. The van der Waals surface area contributed by atoms with Crippen LogP contribution in [0.5, 0.6) is 17.2 Å². The van der Waals surface area contributed by atoms with Crippen LogP contribution >= 0.6 is 0 Å². The lowest BCUT2D eigenvalue weighted by atomic mass is 9.90.